The highest BCUT2D eigenvalue weighted by atomic mass is 35.5. The van der Waals surface area contributed by atoms with Crippen molar-refractivity contribution < 1.29 is 17.9 Å². The standard InChI is InChI=1S/C28H31ClN4O5S/c29-21-7-5-8-22(17-21)33-28(34)27(38-23-16-20-6-1-4-11-26(20)37-19-23)25(18-30-33)31-12-14-32(15-13-31)39(35,36)24-9-2-3-10-24/h1,4-8,11,17-18,23-24H,2-3,9-10,12-16,19H2. The molecule has 1 aliphatic carbocycles. The van der Waals surface area contributed by atoms with Gasteiger partial charge in [-0.05, 0) is 42.7 Å². The highest BCUT2D eigenvalue weighted by Crippen LogP contribution is 2.32. The summed E-state index contributed by atoms with van der Waals surface area (Å²) in [7, 11) is -3.32. The van der Waals surface area contributed by atoms with Crippen LogP contribution in [0, 0.1) is 0 Å². The number of benzene rings is 2. The monoisotopic (exact) mass is 570 g/mol. The van der Waals surface area contributed by atoms with Crippen LogP contribution in [0.15, 0.2) is 59.5 Å². The Labute approximate surface area is 232 Å². The molecule has 206 valence electrons. The fraction of sp³-hybridized carbons (Fsp3) is 0.429. The van der Waals surface area contributed by atoms with Crippen molar-refractivity contribution in [3.8, 4) is 17.2 Å². The van der Waals surface area contributed by atoms with Crippen LogP contribution < -0.4 is 19.9 Å². The third-order valence-corrected chi connectivity index (χ3v) is 10.4. The van der Waals surface area contributed by atoms with E-state index < -0.39 is 15.6 Å². The average Bonchev–Trinajstić information content (AvgIpc) is 3.50. The second-order valence-corrected chi connectivity index (χ2v) is 12.9. The summed E-state index contributed by atoms with van der Waals surface area (Å²) in [6.45, 7) is 1.90. The first-order valence-corrected chi connectivity index (χ1v) is 15.3. The van der Waals surface area contributed by atoms with Crippen LogP contribution in [-0.4, -0.2) is 66.6 Å². The van der Waals surface area contributed by atoms with Crippen LogP contribution in [0.1, 0.15) is 31.2 Å². The molecule has 6 rings (SSSR count). The maximum atomic E-state index is 13.8. The second kappa shape index (κ2) is 10.8. The minimum atomic E-state index is -3.32. The van der Waals surface area contributed by atoms with Gasteiger partial charge in [-0.1, -0.05) is 48.7 Å². The topological polar surface area (TPSA) is 94.0 Å². The maximum absolute atomic E-state index is 13.8. The molecular formula is C28H31ClN4O5S. The molecule has 1 saturated carbocycles. The lowest BCUT2D eigenvalue weighted by molar-refractivity contribution is 0.110. The van der Waals surface area contributed by atoms with Gasteiger partial charge in [0.1, 0.15) is 24.1 Å². The number of sulfonamides is 1. The summed E-state index contributed by atoms with van der Waals surface area (Å²) in [6.07, 6.45) is 5.25. The van der Waals surface area contributed by atoms with E-state index in [0.29, 0.717) is 55.6 Å². The van der Waals surface area contributed by atoms with Gasteiger partial charge in [0.25, 0.3) is 0 Å². The van der Waals surface area contributed by atoms with E-state index in [4.69, 9.17) is 21.1 Å². The van der Waals surface area contributed by atoms with Gasteiger partial charge in [0, 0.05) is 37.6 Å². The number of nitrogens with zero attached hydrogens (tertiary/aromatic N) is 4. The third-order valence-electron chi connectivity index (χ3n) is 7.76. The molecule has 3 aliphatic rings. The highest BCUT2D eigenvalue weighted by Gasteiger charge is 2.36. The van der Waals surface area contributed by atoms with E-state index in [9.17, 15) is 13.2 Å². The van der Waals surface area contributed by atoms with Gasteiger partial charge in [-0.3, -0.25) is 4.79 Å². The predicted octanol–water partition coefficient (Wildman–Crippen LogP) is 3.66. The molecule has 1 atom stereocenters. The Morgan fingerprint density at radius 1 is 1.00 bits per heavy atom. The van der Waals surface area contributed by atoms with Gasteiger partial charge in [-0.15, -0.1) is 0 Å². The summed E-state index contributed by atoms with van der Waals surface area (Å²) in [5, 5.41) is 4.66. The SMILES string of the molecule is O=c1c(OC2COc3ccccc3C2)c(N2CCN(S(=O)(=O)C3CCCC3)CC2)cnn1-c1cccc(Cl)c1. The number of rotatable bonds is 6. The first kappa shape index (κ1) is 26.2. The first-order chi connectivity index (χ1) is 18.9. The van der Waals surface area contributed by atoms with E-state index in [1.807, 2.05) is 29.2 Å². The Kier molecular flexibility index (Phi) is 7.26. The van der Waals surface area contributed by atoms with E-state index in [1.165, 1.54) is 4.68 Å². The summed E-state index contributed by atoms with van der Waals surface area (Å²) in [6, 6.07) is 14.7. The van der Waals surface area contributed by atoms with E-state index in [1.54, 1.807) is 34.8 Å². The molecule has 0 bridgehead atoms. The van der Waals surface area contributed by atoms with Crippen LogP contribution >= 0.6 is 11.6 Å². The van der Waals surface area contributed by atoms with Crippen LogP contribution in [0.4, 0.5) is 5.69 Å². The second-order valence-electron chi connectivity index (χ2n) is 10.3. The fourth-order valence-electron chi connectivity index (χ4n) is 5.68. The molecule has 39 heavy (non-hydrogen) atoms. The van der Waals surface area contributed by atoms with Gasteiger partial charge < -0.3 is 14.4 Å². The summed E-state index contributed by atoms with van der Waals surface area (Å²) < 4.78 is 41.5. The normalized spacial score (nSPS) is 20.4. The fourth-order valence-corrected chi connectivity index (χ4v) is 7.89. The minimum absolute atomic E-state index is 0.171. The Hall–Kier alpha value is -3.08. The van der Waals surface area contributed by atoms with E-state index in [-0.39, 0.29) is 17.1 Å². The lowest BCUT2D eigenvalue weighted by Crippen LogP contribution is -2.51. The Morgan fingerprint density at radius 2 is 1.77 bits per heavy atom. The number of hydrogen-bond acceptors (Lipinski definition) is 7. The van der Waals surface area contributed by atoms with Crippen LogP contribution in [-0.2, 0) is 16.4 Å². The minimum Gasteiger partial charge on any atom is -0.489 e. The number of piperazine rings is 1. The summed E-state index contributed by atoms with van der Waals surface area (Å²) >= 11 is 6.19. The van der Waals surface area contributed by atoms with Crippen molar-refractivity contribution in [1.82, 2.24) is 14.1 Å². The van der Waals surface area contributed by atoms with E-state index in [2.05, 4.69) is 5.10 Å². The van der Waals surface area contributed by atoms with Crippen molar-refractivity contribution >= 4 is 27.3 Å². The van der Waals surface area contributed by atoms with Crippen LogP contribution in [0.3, 0.4) is 0 Å². The molecule has 3 heterocycles. The molecule has 2 aromatic carbocycles. The zero-order chi connectivity index (χ0) is 27.0. The molecule has 3 aromatic rings. The quantitative estimate of drug-likeness (QED) is 0.446. The molecule has 1 aromatic heterocycles. The number of hydrogen-bond donors (Lipinski definition) is 0. The smallest absolute Gasteiger partial charge is 0.316 e. The van der Waals surface area contributed by atoms with Crippen LogP contribution in [0.2, 0.25) is 5.02 Å². The van der Waals surface area contributed by atoms with Crippen molar-refractivity contribution in [2.45, 2.75) is 43.5 Å². The maximum Gasteiger partial charge on any atom is 0.316 e. The molecular weight excluding hydrogens is 540 g/mol. The molecule has 2 aliphatic heterocycles. The highest BCUT2D eigenvalue weighted by molar-refractivity contribution is 7.89. The molecule has 1 saturated heterocycles. The van der Waals surface area contributed by atoms with Gasteiger partial charge >= 0.3 is 5.56 Å². The Balaban J connectivity index is 1.29. The molecule has 9 nitrogen and oxygen atoms in total. The van der Waals surface area contributed by atoms with Gasteiger partial charge in [0.2, 0.25) is 15.8 Å². The zero-order valence-corrected chi connectivity index (χ0v) is 23.1. The summed E-state index contributed by atoms with van der Waals surface area (Å²) in [4.78, 5) is 15.8. The number of aromatic nitrogens is 2. The van der Waals surface area contributed by atoms with Gasteiger partial charge in [0.05, 0.1) is 17.1 Å². The molecule has 11 heteroatoms. The molecule has 0 radical (unpaired) electrons. The zero-order valence-electron chi connectivity index (χ0n) is 21.5. The lowest BCUT2D eigenvalue weighted by atomic mass is 10.0. The number of halogens is 1. The Bertz CT molecular complexity index is 1510. The van der Waals surface area contributed by atoms with Crippen molar-refractivity contribution in [2.75, 3.05) is 37.7 Å². The van der Waals surface area contributed by atoms with E-state index >= 15 is 0 Å². The molecule has 2 fully saturated rings. The van der Waals surface area contributed by atoms with Crippen LogP contribution in [0.25, 0.3) is 5.69 Å². The Morgan fingerprint density at radius 3 is 2.54 bits per heavy atom. The largest absolute Gasteiger partial charge is 0.489 e. The molecule has 0 amide bonds. The lowest BCUT2D eigenvalue weighted by Gasteiger charge is -2.37. The van der Waals surface area contributed by atoms with Crippen LogP contribution in [0.5, 0.6) is 11.5 Å². The summed E-state index contributed by atoms with van der Waals surface area (Å²) in [5.74, 6) is 0.994. The van der Waals surface area contributed by atoms with Gasteiger partial charge in [0.15, 0.2) is 0 Å². The van der Waals surface area contributed by atoms with E-state index in [0.717, 1.165) is 37.0 Å². The third kappa shape index (κ3) is 5.25. The first-order valence-electron chi connectivity index (χ1n) is 13.4. The summed E-state index contributed by atoms with van der Waals surface area (Å²) in [5.41, 5.74) is 1.69. The number of para-hydroxylation sites is 1. The molecule has 0 spiro atoms. The average molecular weight is 571 g/mol. The molecule has 1 unspecified atom stereocenters. The number of fused-ring (bicyclic) bond motifs is 1. The van der Waals surface area contributed by atoms with Crippen molar-refractivity contribution in [3.63, 3.8) is 0 Å². The number of ether oxygens (including phenoxy) is 2. The van der Waals surface area contributed by atoms with Crippen molar-refractivity contribution in [2.24, 2.45) is 0 Å². The van der Waals surface area contributed by atoms with Gasteiger partial charge in [-0.2, -0.15) is 14.1 Å². The van der Waals surface area contributed by atoms with Crippen molar-refractivity contribution in [3.05, 3.63) is 75.7 Å². The van der Waals surface area contributed by atoms with Crippen molar-refractivity contribution in [1.29, 1.82) is 0 Å². The number of anilines is 1. The van der Waals surface area contributed by atoms with Gasteiger partial charge in [-0.25, -0.2) is 8.42 Å². The predicted molar refractivity (Wildman–Crippen MR) is 150 cm³/mol. The molecule has 0 N–H and O–H groups in total.